The largest absolute Gasteiger partial charge is 0.493 e. The number of methoxy groups -OCH3 is 4. The van der Waals surface area contributed by atoms with Gasteiger partial charge in [-0.15, -0.1) is 0 Å². The van der Waals surface area contributed by atoms with Gasteiger partial charge in [0, 0.05) is 41.9 Å². The Labute approximate surface area is 190 Å². The Balaban J connectivity index is 2.09. The van der Waals surface area contributed by atoms with Crippen LogP contribution in [-0.4, -0.2) is 50.4 Å². The first kappa shape index (κ1) is 23.4. The zero-order valence-electron chi connectivity index (χ0n) is 18.7. The first-order valence-corrected chi connectivity index (χ1v) is 9.86. The second kappa shape index (κ2) is 10.4. The summed E-state index contributed by atoms with van der Waals surface area (Å²) in [5.41, 5.74) is 1.86. The molecule has 9 heteroatoms. The summed E-state index contributed by atoms with van der Waals surface area (Å²) in [5.74, 6) is 0.248. The average Bonchev–Trinajstić information content (AvgIpc) is 2.82. The number of aliphatic carboxylic acids is 1. The number of carboxylic acid groups (broad SMARTS) is 1. The predicted octanol–water partition coefficient (Wildman–Crippen LogP) is 3.44. The number of hydrogen-bond donors (Lipinski definition) is 2. The van der Waals surface area contributed by atoms with Crippen LogP contribution in [0.3, 0.4) is 0 Å². The van der Waals surface area contributed by atoms with Crippen molar-refractivity contribution in [3.63, 3.8) is 0 Å². The minimum absolute atomic E-state index is 0.339. The van der Waals surface area contributed by atoms with Crippen molar-refractivity contribution in [3.05, 3.63) is 59.9 Å². The van der Waals surface area contributed by atoms with Crippen LogP contribution in [0.15, 0.2) is 48.7 Å². The fourth-order valence-corrected chi connectivity index (χ4v) is 3.39. The van der Waals surface area contributed by atoms with Crippen molar-refractivity contribution in [3.8, 4) is 23.0 Å². The Kier molecular flexibility index (Phi) is 7.34. The molecule has 0 unspecified atom stereocenters. The van der Waals surface area contributed by atoms with Crippen molar-refractivity contribution in [2.24, 2.45) is 0 Å². The molecule has 3 aromatic rings. The second-order valence-electron chi connectivity index (χ2n) is 6.89. The molecule has 0 fully saturated rings. The van der Waals surface area contributed by atoms with Gasteiger partial charge in [0.25, 0.3) is 0 Å². The highest BCUT2D eigenvalue weighted by Crippen LogP contribution is 2.37. The molecular weight excluding hydrogens is 428 g/mol. The number of amides is 1. The third kappa shape index (κ3) is 5.32. The van der Waals surface area contributed by atoms with E-state index in [1.807, 2.05) is 18.2 Å². The Morgan fingerprint density at radius 2 is 1.52 bits per heavy atom. The molecule has 0 saturated carbocycles. The molecule has 0 bridgehead atoms. The van der Waals surface area contributed by atoms with Gasteiger partial charge in [-0.3, -0.25) is 9.78 Å². The summed E-state index contributed by atoms with van der Waals surface area (Å²) in [4.78, 5) is 27.5. The highest BCUT2D eigenvalue weighted by Gasteiger charge is 2.16. The van der Waals surface area contributed by atoms with E-state index in [4.69, 9.17) is 24.1 Å². The van der Waals surface area contributed by atoms with Crippen LogP contribution < -0.4 is 24.3 Å². The van der Waals surface area contributed by atoms with Crippen molar-refractivity contribution >= 4 is 28.3 Å². The monoisotopic (exact) mass is 452 g/mol. The van der Waals surface area contributed by atoms with Crippen LogP contribution in [0.4, 0.5) is 5.69 Å². The number of pyridine rings is 1. The molecule has 2 aromatic carbocycles. The van der Waals surface area contributed by atoms with Crippen LogP contribution in [-0.2, 0) is 16.0 Å². The van der Waals surface area contributed by atoms with Crippen LogP contribution >= 0.6 is 0 Å². The minimum Gasteiger partial charge on any atom is -0.493 e. The van der Waals surface area contributed by atoms with E-state index < -0.39 is 11.9 Å². The van der Waals surface area contributed by atoms with Crippen LogP contribution in [0.25, 0.3) is 10.8 Å². The Hall–Kier alpha value is -4.27. The maximum atomic E-state index is 12.3. The molecule has 0 atom stereocenters. The molecule has 2 N–H and O–H groups in total. The number of aromatic nitrogens is 1. The van der Waals surface area contributed by atoms with Gasteiger partial charge < -0.3 is 29.4 Å². The number of carbonyl (C=O) groups excluding carboxylic acids is 1. The number of nitrogens with one attached hydrogen (secondary N) is 1. The number of ether oxygens (including phenoxy) is 4. The molecule has 0 radical (unpaired) electrons. The quantitative estimate of drug-likeness (QED) is 0.475. The zero-order valence-corrected chi connectivity index (χ0v) is 18.7. The molecule has 3 rings (SSSR count). The van der Waals surface area contributed by atoms with Gasteiger partial charge in [0.15, 0.2) is 23.0 Å². The Morgan fingerprint density at radius 3 is 2.15 bits per heavy atom. The molecule has 0 spiro atoms. The van der Waals surface area contributed by atoms with Crippen LogP contribution in [0.5, 0.6) is 23.0 Å². The standard InChI is InChI=1S/C24H24N2O7/c1-30-19-10-14-7-8-25-18(16(14)12-21(19)32-3)9-15-11-20(31-2)22(33-4)13-17(15)26-23(27)5-6-24(28)29/h5-8,10-13H,9H2,1-4H3,(H,26,27)(H,28,29). The summed E-state index contributed by atoms with van der Waals surface area (Å²) in [5, 5.41) is 13.2. The number of hydrogen-bond acceptors (Lipinski definition) is 7. The highest BCUT2D eigenvalue weighted by molar-refractivity contribution is 6.03. The highest BCUT2D eigenvalue weighted by atomic mass is 16.5. The fraction of sp³-hybridized carbons (Fsp3) is 0.208. The number of anilines is 1. The lowest BCUT2D eigenvalue weighted by Gasteiger charge is -2.16. The third-order valence-electron chi connectivity index (χ3n) is 4.95. The third-order valence-corrected chi connectivity index (χ3v) is 4.95. The van der Waals surface area contributed by atoms with Crippen LogP contribution in [0.1, 0.15) is 11.3 Å². The van der Waals surface area contributed by atoms with Crippen molar-refractivity contribution < 1.29 is 33.6 Å². The fourth-order valence-electron chi connectivity index (χ4n) is 3.39. The molecule has 0 saturated heterocycles. The molecule has 33 heavy (non-hydrogen) atoms. The van der Waals surface area contributed by atoms with E-state index in [1.165, 1.54) is 14.2 Å². The second-order valence-corrected chi connectivity index (χ2v) is 6.89. The van der Waals surface area contributed by atoms with Gasteiger partial charge in [0.1, 0.15) is 0 Å². The summed E-state index contributed by atoms with van der Waals surface area (Å²) in [7, 11) is 6.14. The number of nitrogens with zero attached hydrogens (tertiary/aromatic N) is 1. The van der Waals surface area contributed by atoms with E-state index >= 15 is 0 Å². The van der Waals surface area contributed by atoms with Gasteiger partial charge in [-0.05, 0) is 35.2 Å². The summed E-state index contributed by atoms with van der Waals surface area (Å²) in [6, 6.07) is 8.96. The van der Waals surface area contributed by atoms with Gasteiger partial charge in [-0.25, -0.2) is 4.79 Å². The normalized spacial score (nSPS) is 10.8. The molecule has 9 nitrogen and oxygen atoms in total. The maximum Gasteiger partial charge on any atom is 0.328 e. The molecular formula is C24H24N2O7. The van der Waals surface area contributed by atoms with E-state index in [0.717, 1.165) is 28.6 Å². The van der Waals surface area contributed by atoms with E-state index in [-0.39, 0.29) is 0 Å². The molecule has 1 heterocycles. The zero-order chi connectivity index (χ0) is 24.0. The Bertz CT molecular complexity index is 1220. The molecule has 1 amide bonds. The molecule has 0 aliphatic heterocycles. The van der Waals surface area contributed by atoms with E-state index in [0.29, 0.717) is 40.7 Å². The van der Waals surface area contributed by atoms with Gasteiger partial charge in [-0.2, -0.15) is 0 Å². The van der Waals surface area contributed by atoms with Gasteiger partial charge in [0.05, 0.1) is 34.1 Å². The van der Waals surface area contributed by atoms with E-state index in [2.05, 4.69) is 10.3 Å². The maximum absolute atomic E-state index is 12.3. The van der Waals surface area contributed by atoms with Crippen LogP contribution in [0, 0.1) is 0 Å². The lowest BCUT2D eigenvalue weighted by molar-refractivity contribution is -0.131. The van der Waals surface area contributed by atoms with E-state index in [1.54, 1.807) is 32.5 Å². The van der Waals surface area contributed by atoms with E-state index in [9.17, 15) is 9.59 Å². The summed E-state index contributed by atoms with van der Waals surface area (Å²) in [6.07, 6.45) is 3.74. The Morgan fingerprint density at radius 1 is 0.909 bits per heavy atom. The first-order valence-electron chi connectivity index (χ1n) is 9.86. The van der Waals surface area contributed by atoms with Crippen LogP contribution in [0.2, 0.25) is 0 Å². The average molecular weight is 452 g/mol. The van der Waals surface area contributed by atoms with Gasteiger partial charge in [0.2, 0.25) is 5.91 Å². The minimum atomic E-state index is -1.22. The van der Waals surface area contributed by atoms with Crippen molar-refractivity contribution in [1.82, 2.24) is 4.98 Å². The summed E-state index contributed by atoms with van der Waals surface area (Å²) >= 11 is 0. The number of carbonyl (C=O) groups is 2. The molecule has 1 aromatic heterocycles. The smallest absolute Gasteiger partial charge is 0.328 e. The number of benzene rings is 2. The number of rotatable bonds is 9. The molecule has 172 valence electrons. The number of fused-ring (bicyclic) bond motifs is 1. The SMILES string of the molecule is COc1cc(Cc2nccc3cc(OC)c(OC)cc23)c(NC(=O)C=CC(=O)O)cc1OC. The van der Waals surface area contributed by atoms with Gasteiger partial charge >= 0.3 is 5.97 Å². The lowest BCUT2D eigenvalue weighted by atomic mass is 10.0. The lowest BCUT2D eigenvalue weighted by Crippen LogP contribution is -2.11. The topological polar surface area (TPSA) is 116 Å². The molecule has 0 aliphatic carbocycles. The summed E-state index contributed by atoms with van der Waals surface area (Å²) < 4.78 is 21.6. The van der Waals surface area contributed by atoms with Crippen molar-refractivity contribution in [1.29, 1.82) is 0 Å². The molecule has 0 aliphatic rings. The first-order chi connectivity index (χ1) is 15.9. The predicted molar refractivity (Wildman–Crippen MR) is 123 cm³/mol. The van der Waals surface area contributed by atoms with Crippen molar-refractivity contribution in [2.75, 3.05) is 33.8 Å². The number of carboxylic acids is 1. The van der Waals surface area contributed by atoms with Gasteiger partial charge in [-0.1, -0.05) is 0 Å². The van der Waals surface area contributed by atoms with Crippen molar-refractivity contribution in [2.45, 2.75) is 6.42 Å². The summed E-state index contributed by atoms with van der Waals surface area (Å²) in [6.45, 7) is 0.